The molecule has 4 rings (SSSR count). The van der Waals surface area contributed by atoms with E-state index in [4.69, 9.17) is 61.4 Å². The summed E-state index contributed by atoms with van der Waals surface area (Å²) in [6.45, 7) is 0. The normalized spacial score (nSPS) is 9.86. The summed E-state index contributed by atoms with van der Waals surface area (Å²) in [7, 11) is 2.75. The highest BCUT2D eigenvalue weighted by atomic mass is 79.9. The summed E-state index contributed by atoms with van der Waals surface area (Å²) >= 11 is 34.9. The third kappa shape index (κ3) is 12.5. The third-order valence-corrected chi connectivity index (χ3v) is 7.27. The predicted octanol–water partition coefficient (Wildman–Crippen LogP) is 12.4. The van der Waals surface area contributed by atoms with Gasteiger partial charge < -0.3 is 19.7 Å². The van der Waals surface area contributed by atoms with Gasteiger partial charge in [0.25, 0.3) is 0 Å². The van der Waals surface area contributed by atoms with Crippen molar-refractivity contribution >= 4 is 110 Å². The standard InChI is InChI=1S/C7H5BrCl2O.C7H5BrF2O.C6H3BrCl2O.C6H3BrF2O/c2*1-11-7-5(9)2-4(8)3-6(7)10;2*7-3-1-4(8)6(10)5(9)2-3/h2*2-3H,1H3;2*1-2,10H. The molecule has 0 amide bonds. The largest absolute Gasteiger partial charge is 0.505 e. The molecule has 4 aromatic carbocycles. The average Bonchev–Trinajstić information content (AvgIpc) is 2.86. The molecule has 0 saturated heterocycles. The van der Waals surface area contributed by atoms with Crippen molar-refractivity contribution in [1.82, 2.24) is 0 Å². The lowest BCUT2D eigenvalue weighted by Crippen LogP contribution is -1.91. The molecular formula is C26H16Br4Cl4F4O4. The molecule has 0 bridgehead atoms. The number of hydrogen-bond donors (Lipinski definition) is 2. The van der Waals surface area contributed by atoms with Gasteiger partial charge in [-0.1, -0.05) is 110 Å². The van der Waals surface area contributed by atoms with Gasteiger partial charge in [-0.25, -0.2) is 17.6 Å². The van der Waals surface area contributed by atoms with Crippen LogP contribution in [0.15, 0.2) is 66.4 Å². The van der Waals surface area contributed by atoms with E-state index in [1.165, 1.54) is 14.2 Å². The molecule has 0 aliphatic carbocycles. The average molecular weight is 930 g/mol. The number of methoxy groups -OCH3 is 2. The van der Waals surface area contributed by atoms with Gasteiger partial charge in [-0.3, -0.25) is 0 Å². The first-order chi connectivity index (χ1) is 19.5. The minimum Gasteiger partial charge on any atom is -0.505 e. The van der Waals surface area contributed by atoms with E-state index >= 15 is 0 Å². The summed E-state index contributed by atoms with van der Waals surface area (Å²) in [6.07, 6.45) is 0. The van der Waals surface area contributed by atoms with Gasteiger partial charge in [-0.15, -0.1) is 0 Å². The van der Waals surface area contributed by atoms with Crippen molar-refractivity contribution < 1.29 is 37.2 Å². The van der Waals surface area contributed by atoms with Gasteiger partial charge in [0, 0.05) is 17.9 Å². The Morgan fingerprint density at radius 1 is 0.476 bits per heavy atom. The summed E-state index contributed by atoms with van der Waals surface area (Å²) in [4.78, 5) is 0. The Balaban J connectivity index is 0.000000280. The molecule has 0 fully saturated rings. The van der Waals surface area contributed by atoms with Crippen LogP contribution < -0.4 is 9.47 Å². The molecule has 0 aromatic heterocycles. The van der Waals surface area contributed by atoms with E-state index in [1.54, 1.807) is 24.3 Å². The first-order valence-electron chi connectivity index (χ1n) is 10.6. The van der Waals surface area contributed by atoms with Crippen LogP contribution in [0.3, 0.4) is 0 Å². The highest BCUT2D eigenvalue weighted by Gasteiger charge is 2.10. The van der Waals surface area contributed by atoms with Crippen LogP contribution in [0, 0.1) is 23.3 Å². The Hall–Kier alpha value is -1.12. The van der Waals surface area contributed by atoms with Crippen LogP contribution in [-0.4, -0.2) is 24.4 Å². The molecule has 0 spiro atoms. The van der Waals surface area contributed by atoms with Crippen LogP contribution in [0.5, 0.6) is 23.0 Å². The smallest absolute Gasteiger partial charge is 0.190 e. The van der Waals surface area contributed by atoms with Crippen LogP contribution >= 0.6 is 110 Å². The van der Waals surface area contributed by atoms with Crippen LogP contribution in [0.4, 0.5) is 17.6 Å². The van der Waals surface area contributed by atoms with E-state index in [1.807, 2.05) is 0 Å². The quantitative estimate of drug-likeness (QED) is 0.197. The fourth-order valence-electron chi connectivity index (χ4n) is 2.52. The molecule has 0 aliphatic heterocycles. The van der Waals surface area contributed by atoms with E-state index in [2.05, 4.69) is 68.5 Å². The predicted molar refractivity (Wildman–Crippen MR) is 173 cm³/mol. The number of hydrogen-bond acceptors (Lipinski definition) is 4. The second-order valence-corrected chi connectivity index (χ2v) is 12.5. The van der Waals surface area contributed by atoms with Gasteiger partial charge in [0.15, 0.2) is 46.3 Å². The summed E-state index contributed by atoms with van der Waals surface area (Å²) in [6, 6.07) is 10.9. The van der Waals surface area contributed by atoms with E-state index < -0.39 is 29.0 Å². The van der Waals surface area contributed by atoms with Crippen molar-refractivity contribution in [1.29, 1.82) is 0 Å². The zero-order valence-electron chi connectivity index (χ0n) is 20.9. The Morgan fingerprint density at radius 3 is 1.10 bits per heavy atom. The maximum atomic E-state index is 12.7. The fraction of sp³-hybridized carbons (Fsp3) is 0.0769. The Bertz CT molecular complexity index is 1330. The Morgan fingerprint density at radius 2 is 0.762 bits per heavy atom. The highest BCUT2D eigenvalue weighted by molar-refractivity contribution is 9.11. The molecule has 2 N–H and O–H groups in total. The van der Waals surface area contributed by atoms with Gasteiger partial charge in [-0.05, 0) is 48.5 Å². The van der Waals surface area contributed by atoms with Crippen LogP contribution in [0.2, 0.25) is 20.1 Å². The van der Waals surface area contributed by atoms with Gasteiger partial charge in [-0.2, -0.15) is 0 Å². The molecular weight excluding hydrogens is 914 g/mol. The summed E-state index contributed by atoms with van der Waals surface area (Å²) in [5, 5.41) is 19.1. The zero-order chi connectivity index (χ0) is 32.3. The Labute approximate surface area is 292 Å². The van der Waals surface area contributed by atoms with Crippen molar-refractivity contribution in [2.24, 2.45) is 0 Å². The van der Waals surface area contributed by atoms with Gasteiger partial charge in [0.05, 0.1) is 34.3 Å². The van der Waals surface area contributed by atoms with Gasteiger partial charge >= 0.3 is 0 Å². The van der Waals surface area contributed by atoms with E-state index in [0.717, 1.165) is 33.2 Å². The van der Waals surface area contributed by atoms with Gasteiger partial charge in [0.2, 0.25) is 0 Å². The number of halogens is 12. The highest BCUT2D eigenvalue weighted by Crippen LogP contribution is 2.36. The van der Waals surface area contributed by atoms with Crippen LogP contribution in [-0.2, 0) is 0 Å². The van der Waals surface area contributed by atoms with E-state index in [9.17, 15) is 17.6 Å². The van der Waals surface area contributed by atoms with Gasteiger partial charge in [0.1, 0.15) is 0 Å². The molecule has 16 heteroatoms. The SMILES string of the molecule is COc1c(Cl)cc(Br)cc1Cl.COc1c(F)cc(Br)cc1F.Oc1c(Cl)cc(Br)cc1Cl.Oc1c(F)cc(Br)cc1F. The maximum Gasteiger partial charge on any atom is 0.190 e. The number of phenolic OH excluding ortho intramolecular Hbond substituents is 2. The number of benzene rings is 4. The number of aromatic hydroxyl groups is 2. The molecule has 42 heavy (non-hydrogen) atoms. The van der Waals surface area contributed by atoms with Crippen molar-refractivity contribution in [3.05, 3.63) is 110 Å². The van der Waals surface area contributed by atoms with Crippen molar-refractivity contribution in [2.75, 3.05) is 14.2 Å². The lowest BCUT2D eigenvalue weighted by atomic mass is 10.3. The number of phenols is 2. The molecule has 228 valence electrons. The maximum absolute atomic E-state index is 12.7. The first kappa shape index (κ1) is 38.9. The van der Waals surface area contributed by atoms with Crippen molar-refractivity contribution in [2.45, 2.75) is 0 Å². The lowest BCUT2D eigenvalue weighted by Gasteiger charge is -2.04. The molecule has 4 aromatic rings. The minimum atomic E-state index is -0.966. The fourth-order valence-corrected chi connectivity index (χ4v) is 5.89. The molecule has 4 nitrogen and oxygen atoms in total. The second kappa shape index (κ2) is 18.6. The van der Waals surface area contributed by atoms with Crippen LogP contribution in [0.1, 0.15) is 0 Å². The summed E-state index contributed by atoms with van der Waals surface area (Å²) in [5.74, 6) is -4.21. The molecule has 0 unspecified atom stereocenters. The topological polar surface area (TPSA) is 58.9 Å². The molecule has 0 radical (unpaired) electrons. The second-order valence-electron chi connectivity index (χ2n) is 7.24. The van der Waals surface area contributed by atoms with E-state index in [-0.39, 0.29) is 26.0 Å². The van der Waals surface area contributed by atoms with Crippen molar-refractivity contribution in [3.8, 4) is 23.0 Å². The minimum absolute atomic E-state index is 0.0773. The number of rotatable bonds is 2. The lowest BCUT2D eigenvalue weighted by molar-refractivity contribution is 0.359. The Kier molecular flexibility index (Phi) is 17.3. The summed E-state index contributed by atoms with van der Waals surface area (Å²) < 4.78 is 61.7. The van der Waals surface area contributed by atoms with E-state index in [0.29, 0.717) is 20.3 Å². The molecule has 0 atom stereocenters. The third-order valence-electron chi connectivity index (χ3n) is 4.30. The monoisotopic (exact) mass is 924 g/mol. The zero-order valence-corrected chi connectivity index (χ0v) is 30.2. The first-order valence-corrected chi connectivity index (χ1v) is 15.2. The summed E-state index contributed by atoms with van der Waals surface area (Å²) in [5.41, 5.74) is 0. The molecule has 0 saturated carbocycles. The molecule has 0 aliphatic rings. The molecule has 0 heterocycles. The number of ether oxygens (including phenoxy) is 2. The van der Waals surface area contributed by atoms with Crippen molar-refractivity contribution in [3.63, 3.8) is 0 Å². The van der Waals surface area contributed by atoms with Crippen LogP contribution in [0.25, 0.3) is 0 Å².